The molecule has 2 unspecified atom stereocenters. The molecule has 3 aromatic rings. The van der Waals surface area contributed by atoms with Crippen LogP contribution in [0.3, 0.4) is 0 Å². The maximum atomic E-state index is 12.6. The molecule has 15 nitrogen and oxygen atoms in total. The number of rotatable bonds is 15. The predicted octanol–water partition coefficient (Wildman–Crippen LogP) is 4.10. The number of carbonyl (C=O) groups excluding carboxylic acids is 4. The predicted molar refractivity (Wildman–Crippen MR) is 195 cm³/mol. The van der Waals surface area contributed by atoms with Gasteiger partial charge in [0, 0.05) is 6.54 Å². The van der Waals surface area contributed by atoms with E-state index in [0.717, 1.165) is 17.5 Å². The van der Waals surface area contributed by atoms with Gasteiger partial charge in [0.25, 0.3) is 0 Å². The Kier molecular flexibility index (Phi) is 16.4. The van der Waals surface area contributed by atoms with E-state index in [0.29, 0.717) is 44.4 Å². The highest BCUT2D eigenvalue weighted by atomic mass is 16.6. The molecule has 0 spiro atoms. The maximum Gasteiger partial charge on any atom is 0.408 e. The van der Waals surface area contributed by atoms with Crippen LogP contribution in [0.1, 0.15) is 89.1 Å². The molecular weight excluding hydrogens is 684 g/mol. The summed E-state index contributed by atoms with van der Waals surface area (Å²) in [4.78, 5) is 48.4. The van der Waals surface area contributed by atoms with Crippen LogP contribution in [0.5, 0.6) is 0 Å². The molecule has 0 saturated heterocycles. The van der Waals surface area contributed by atoms with E-state index in [1.807, 2.05) is 65.2 Å². The number of alkyl carbamates (subject to hydrolysis) is 1. The number of amides is 2. The molecule has 3 atom stereocenters. The number of nitrogens with one attached hydrogen (secondary N) is 2. The van der Waals surface area contributed by atoms with Gasteiger partial charge in [-0.05, 0) is 65.5 Å². The Morgan fingerprint density at radius 3 is 2.00 bits per heavy atom. The van der Waals surface area contributed by atoms with Crippen molar-refractivity contribution in [3.8, 4) is 0 Å². The minimum absolute atomic E-state index is 0.000804. The van der Waals surface area contributed by atoms with Gasteiger partial charge in [0.2, 0.25) is 5.91 Å². The van der Waals surface area contributed by atoms with Gasteiger partial charge in [0.15, 0.2) is 11.9 Å². The van der Waals surface area contributed by atoms with E-state index in [1.54, 1.807) is 41.5 Å². The van der Waals surface area contributed by atoms with Crippen molar-refractivity contribution in [2.45, 2.75) is 103 Å². The first-order valence-electron chi connectivity index (χ1n) is 17.6. The summed E-state index contributed by atoms with van der Waals surface area (Å²) in [7, 11) is 1.25. The Morgan fingerprint density at radius 2 is 1.47 bits per heavy atom. The average molecular weight is 739 g/mol. The third-order valence-electron chi connectivity index (χ3n) is 7.74. The average Bonchev–Trinajstić information content (AvgIpc) is 3.55. The summed E-state index contributed by atoms with van der Waals surface area (Å²) in [6.07, 6.45) is 0.759. The SMILES string of the molecule is CCOC(=O)C1CCCn2c1nnc2[C@@H](COCc1ccccc1)NC(=O)C(C)(C)N.COC(=O)C(COCc1ccccc1)NC(=O)OC(C)(C)C. The van der Waals surface area contributed by atoms with E-state index in [9.17, 15) is 19.2 Å². The van der Waals surface area contributed by atoms with Crippen LogP contribution in [0.4, 0.5) is 4.79 Å². The van der Waals surface area contributed by atoms with Crippen molar-refractivity contribution in [3.63, 3.8) is 0 Å². The fourth-order valence-electron chi connectivity index (χ4n) is 5.14. The van der Waals surface area contributed by atoms with Gasteiger partial charge in [-0.2, -0.15) is 0 Å². The molecule has 2 amide bonds. The number of hydrogen-bond donors (Lipinski definition) is 3. The summed E-state index contributed by atoms with van der Waals surface area (Å²) >= 11 is 0. The Bertz CT molecular complexity index is 1600. The van der Waals surface area contributed by atoms with Crippen molar-refractivity contribution in [1.82, 2.24) is 25.4 Å². The Balaban J connectivity index is 0.000000304. The first-order chi connectivity index (χ1) is 25.1. The molecule has 1 aliphatic rings. The Labute approximate surface area is 311 Å². The third-order valence-corrected chi connectivity index (χ3v) is 7.74. The van der Waals surface area contributed by atoms with Crippen LogP contribution in [0.25, 0.3) is 0 Å². The number of fused-ring (bicyclic) bond motifs is 1. The number of methoxy groups -OCH3 is 1. The lowest BCUT2D eigenvalue weighted by Gasteiger charge is -2.27. The fraction of sp³-hybridized carbons (Fsp3) is 0.526. The molecule has 53 heavy (non-hydrogen) atoms. The van der Waals surface area contributed by atoms with Crippen LogP contribution in [-0.2, 0) is 57.8 Å². The normalized spacial score (nSPS) is 15.1. The van der Waals surface area contributed by atoms with E-state index >= 15 is 0 Å². The van der Waals surface area contributed by atoms with Gasteiger partial charge < -0.3 is 44.6 Å². The minimum atomic E-state index is -1.06. The monoisotopic (exact) mass is 738 g/mol. The molecule has 1 aromatic heterocycles. The summed E-state index contributed by atoms with van der Waals surface area (Å²) in [5.74, 6) is -0.549. The molecule has 0 saturated carbocycles. The lowest BCUT2D eigenvalue weighted by Crippen LogP contribution is -2.51. The zero-order chi connectivity index (χ0) is 39.0. The fourth-order valence-corrected chi connectivity index (χ4v) is 5.14. The van der Waals surface area contributed by atoms with Crippen LogP contribution >= 0.6 is 0 Å². The Hall–Kier alpha value is -4.86. The molecular formula is C38H54N6O9. The summed E-state index contributed by atoms with van der Waals surface area (Å²) in [5.41, 5.74) is 6.27. The first-order valence-corrected chi connectivity index (χ1v) is 17.6. The van der Waals surface area contributed by atoms with E-state index in [1.165, 1.54) is 7.11 Å². The highest BCUT2D eigenvalue weighted by molar-refractivity contribution is 5.85. The van der Waals surface area contributed by atoms with Crippen molar-refractivity contribution >= 4 is 23.9 Å². The zero-order valence-electron chi connectivity index (χ0n) is 31.8. The molecule has 0 radical (unpaired) electrons. The van der Waals surface area contributed by atoms with Crippen LogP contribution in [-0.4, -0.2) is 82.8 Å². The van der Waals surface area contributed by atoms with Gasteiger partial charge >= 0.3 is 18.0 Å². The number of aromatic nitrogens is 3. The number of ether oxygens (including phenoxy) is 5. The van der Waals surface area contributed by atoms with Gasteiger partial charge in [-0.3, -0.25) is 9.59 Å². The van der Waals surface area contributed by atoms with E-state index in [4.69, 9.17) is 24.7 Å². The summed E-state index contributed by atoms with van der Waals surface area (Å²) in [6, 6.07) is 17.8. The maximum absolute atomic E-state index is 12.6. The lowest BCUT2D eigenvalue weighted by atomic mass is 9.98. The number of carbonyl (C=O) groups is 4. The summed E-state index contributed by atoms with van der Waals surface area (Å²) in [6.45, 7) is 12.2. The second kappa shape index (κ2) is 20.4. The molecule has 4 N–H and O–H groups in total. The molecule has 0 fully saturated rings. The van der Waals surface area contributed by atoms with Gasteiger partial charge in [0.05, 0.1) is 45.7 Å². The Morgan fingerprint density at radius 1 is 0.887 bits per heavy atom. The molecule has 2 heterocycles. The van der Waals surface area contributed by atoms with Crippen molar-refractivity contribution < 1.29 is 42.9 Å². The topological polar surface area (TPSA) is 195 Å². The quantitative estimate of drug-likeness (QED) is 0.150. The number of hydrogen-bond acceptors (Lipinski definition) is 12. The van der Waals surface area contributed by atoms with Crippen LogP contribution in [0, 0.1) is 0 Å². The van der Waals surface area contributed by atoms with Gasteiger partial charge in [0.1, 0.15) is 23.4 Å². The number of benzene rings is 2. The highest BCUT2D eigenvalue weighted by Gasteiger charge is 2.35. The van der Waals surface area contributed by atoms with Gasteiger partial charge in [-0.1, -0.05) is 60.7 Å². The van der Waals surface area contributed by atoms with E-state index in [-0.39, 0.29) is 25.1 Å². The van der Waals surface area contributed by atoms with E-state index < -0.39 is 41.2 Å². The van der Waals surface area contributed by atoms with Crippen LogP contribution in [0.2, 0.25) is 0 Å². The molecule has 0 bridgehead atoms. The standard InChI is InChI=1S/C22H31N5O4.C16H23NO5/c1-4-31-20(28)16-11-8-12-27-18(16)25-26-19(27)17(24-21(29)22(2,3)23)14-30-13-15-9-6-5-7-10-15;1-16(2,3)22-15(19)17-13(14(18)20-4)11-21-10-12-8-6-5-7-9-12/h5-7,9-10,16-17H,4,8,11-14,23H2,1-3H3,(H,24,29);5-9,13H,10-11H2,1-4H3,(H,17,19)/t16?,17-;/m1./s1. The first kappa shape index (κ1) is 42.6. The number of nitrogens with zero attached hydrogens (tertiary/aromatic N) is 3. The van der Waals surface area contributed by atoms with Gasteiger partial charge in [-0.25, -0.2) is 9.59 Å². The summed E-state index contributed by atoms with van der Waals surface area (Å²) in [5, 5.41) is 14.0. The minimum Gasteiger partial charge on any atom is -0.467 e. The van der Waals surface area contributed by atoms with Crippen molar-refractivity contribution in [2.24, 2.45) is 5.73 Å². The second-order valence-corrected chi connectivity index (χ2v) is 14.0. The highest BCUT2D eigenvalue weighted by Crippen LogP contribution is 2.30. The second-order valence-electron chi connectivity index (χ2n) is 14.0. The van der Waals surface area contributed by atoms with Gasteiger partial charge in [-0.15, -0.1) is 10.2 Å². The van der Waals surface area contributed by atoms with Crippen molar-refractivity contribution in [2.75, 3.05) is 26.9 Å². The number of esters is 2. The molecule has 15 heteroatoms. The smallest absolute Gasteiger partial charge is 0.408 e. The van der Waals surface area contributed by atoms with Crippen LogP contribution < -0.4 is 16.4 Å². The van der Waals surface area contributed by atoms with Crippen LogP contribution in [0.15, 0.2) is 60.7 Å². The molecule has 4 rings (SSSR count). The number of nitrogens with two attached hydrogens (primary N) is 1. The molecule has 2 aromatic carbocycles. The van der Waals surface area contributed by atoms with E-state index in [2.05, 4.69) is 25.6 Å². The lowest BCUT2D eigenvalue weighted by molar-refractivity contribution is -0.146. The summed E-state index contributed by atoms with van der Waals surface area (Å²) < 4.78 is 28.2. The third kappa shape index (κ3) is 14.2. The largest absolute Gasteiger partial charge is 0.467 e. The molecule has 290 valence electrons. The zero-order valence-corrected chi connectivity index (χ0v) is 31.8. The molecule has 1 aliphatic heterocycles. The molecule has 0 aliphatic carbocycles. The van der Waals surface area contributed by atoms with Crippen molar-refractivity contribution in [3.05, 3.63) is 83.4 Å². The van der Waals surface area contributed by atoms with Crippen molar-refractivity contribution in [1.29, 1.82) is 0 Å².